The van der Waals surface area contributed by atoms with Crippen molar-refractivity contribution in [3.8, 4) is 11.5 Å². The van der Waals surface area contributed by atoms with E-state index in [0.717, 1.165) is 12.1 Å². The summed E-state index contributed by atoms with van der Waals surface area (Å²) in [4.78, 5) is 0. The molecule has 0 fully saturated rings. The second-order valence-corrected chi connectivity index (χ2v) is 2.45. The van der Waals surface area contributed by atoms with Gasteiger partial charge < -0.3 is 15.1 Å². The monoisotopic (exact) mass is 187 g/mol. The van der Waals surface area contributed by atoms with Gasteiger partial charge in [0.15, 0.2) is 11.5 Å². The van der Waals surface area contributed by atoms with Crippen molar-refractivity contribution in [3.05, 3.63) is 23.5 Å². The maximum absolute atomic E-state index is 12.8. The summed E-state index contributed by atoms with van der Waals surface area (Å²) in [6.45, 7) is -0.0417. The highest BCUT2D eigenvalue weighted by molar-refractivity contribution is 5.45. The Labute approximate surface area is 74.5 Å². The fourth-order valence-corrected chi connectivity index (χ4v) is 1.00. The predicted octanol–water partition coefficient (Wildman–Crippen LogP) is 1.02. The van der Waals surface area contributed by atoms with Crippen LogP contribution in [0.5, 0.6) is 11.5 Å². The highest BCUT2D eigenvalue weighted by atomic mass is 19.1. The van der Waals surface area contributed by atoms with Crippen LogP contribution in [0.15, 0.2) is 12.1 Å². The molecular weight excluding hydrogens is 177 g/mol. The molecule has 4 nitrogen and oxygen atoms in total. The number of methoxy groups -OCH3 is 1. The molecule has 0 bridgehead atoms. The summed E-state index contributed by atoms with van der Waals surface area (Å²) < 4.78 is 17.5. The quantitative estimate of drug-likeness (QED) is 0.618. The van der Waals surface area contributed by atoms with Gasteiger partial charge in [-0.3, -0.25) is 0 Å². The van der Waals surface area contributed by atoms with Gasteiger partial charge >= 0.3 is 0 Å². The number of halogens is 1. The first-order valence-corrected chi connectivity index (χ1v) is 3.61. The van der Waals surface area contributed by atoms with E-state index in [9.17, 15) is 9.50 Å². The van der Waals surface area contributed by atoms with Crippen LogP contribution in [0.2, 0.25) is 0 Å². The van der Waals surface area contributed by atoms with Gasteiger partial charge in [-0.25, -0.2) is 9.87 Å². The molecule has 13 heavy (non-hydrogen) atoms. The molecule has 3 N–H and O–H groups in total. The van der Waals surface area contributed by atoms with E-state index < -0.39 is 5.82 Å². The standard InChI is InChI=1S/C8H10FNO3/c1-13-7-3-6(9)2-5(4-10-12)8(7)11/h2-3,10-12H,4H2,1H3. The Kier molecular flexibility index (Phi) is 3.05. The van der Waals surface area contributed by atoms with Gasteiger partial charge in [0.1, 0.15) is 5.82 Å². The SMILES string of the molecule is COc1cc(F)cc(CNO)c1O. The van der Waals surface area contributed by atoms with Gasteiger partial charge in [-0.15, -0.1) is 0 Å². The van der Waals surface area contributed by atoms with E-state index in [1.165, 1.54) is 7.11 Å². The fraction of sp³-hybridized carbons (Fsp3) is 0.250. The van der Waals surface area contributed by atoms with Crippen LogP contribution in [0, 0.1) is 5.82 Å². The molecule has 0 aliphatic carbocycles. The number of phenols is 1. The Morgan fingerprint density at radius 3 is 2.77 bits per heavy atom. The Morgan fingerprint density at radius 2 is 2.23 bits per heavy atom. The Balaban J connectivity index is 3.11. The molecule has 1 rings (SSSR count). The molecular formula is C8H10FNO3. The molecule has 0 heterocycles. The summed E-state index contributed by atoms with van der Waals surface area (Å²) in [5, 5.41) is 17.8. The Hall–Kier alpha value is -1.33. The number of ether oxygens (including phenoxy) is 1. The summed E-state index contributed by atoms with van der Waals surface area (Å²) in [6, 6.07) is 2.18. The summed E-state index contributed by atoms with van der Waals surface area (Å²) in [6.07, 6.45) is 0. The first-order valence-electron chi connectivity index (χ1n) is 3.61. The van der Waals surface area contributed by atoms with E-state index >= 15 is 0 Å². The highest BCUT2D eigenvalue weighted by Crippen LogP contribution is 2.30. The lowest BCUT2D eigenvalue weighted by Gasteiger charge is -2.08. The summed E-state index contributed by atoms with van der Waals surface area (Å²) in [5.74, 6) is -0.657. The van der Waals surface area contributed by atoms with Crippen molar-refractivity contribution in [2.45, 2.75) is 6.54 Å². The summed E-state index contributed by atoms with van der Waals surface area (Å²) >= 11 is 0. The van der Waals surface area contributed by atoms with Crippen molar-refractivity contribution in [2.24, 2.45) is 0 Å². The van der Waals surface area contributed by atoms with E-state index in [2.05, 4.69) is 0 Å². The Morgan fingerprint density at radius 1 is 1.54 bits per heavy atom. The molecule has 1 aromatic rings. The zero-order chi connectivity index (χ0) is 9.84. The van der Waals surface area contributed by atoms with E-state index in [4.69, 9.17) is 9.94 Å². The number of nitrogens with one attached hydrogen (secondary N) is 1. The van der Waals surface area contributed by atoms with Crippen LogP contribution in [0.4, 0.5) is 4.39 Å². The zero-order valence-electron chi connectivity index (χ0n) is 7.04. The normalized spacial score (nSPS) is 10.1. The number of phenolic OH excluding ortho intramolecular Hbond substituents is 1. The maximum atomic E-state index is 12.8. The highest BCUT2D eigenvalue weighted by Gasteiger charge is 2.09. The molecule has 0 saturated carbocycles. The molecule has 5 heteroatoms. The lowest BCUT2D eigenvalue weighted by atomic mass is 10.2. The molecule has 0 amide bonds. The van der Waals surface area contributed by atoms with E-state index in [0.29, 0.717) is 0 Å². The minimum absolute atomic E-state index is 0.0417. The van der Waals surface area contributed by atoms with Gasteiger partial charge in [0.25, 0.3) is 0 Å². The topological polar surface area (TPSA) is 61.7 Å². The fourth-order valence-electron chi connectivity index (χ4n) is 1.00. The van der Waals surface area contributed by atoms with Crippen molar-refractivity contribution in [3.63, 3.8) is 0 Å². The van der Waals surface area contributed by atoms with E-state index in [-0.39, 0.29) is 23.6 Å². The second-order valence-electron chi connectivity index (χ2n) is 2.45. The predicted molar refractivity (Wildman–Crippen MR) is 43.2 cm³/mol. The third kappa shape index (κ3) is 2.07. The molecule has 0 aromatic heterocycles. The van der Waals surface area contributed by atoms with Gasteiger partial charge in [0.2, 0.25) is 0 Å². The second kappa shape index (κ2) is 4.06. The number of benzene rings is 1. The van der Waals surface area contributed by atoms with Crippen molar-refractivity contribution < 1.29 is 19.4 Å². The van der Waals surface area contributed by atoms with Gasteiger partial charge in [0.05, 0.1) is 7.11 Å². The van der Waals surface area contributed by atoms with Crippen LogP contribution < -0.4 is 10.2 Å². The van der Waals surface area contributed by atoms with Crippen molar-refractivity contribution in [1.29, 1.82) is 0 Å². The third-order valence-electron chi connectivity index (χ3n) is 1.61. The molecule has 0 unspecified atom stereocenters. The number of hydrogen-bond acceptors (Lipinski definition) is 4. The van der Waals surface area contributed by atoms with Gasteiger partial charge in [0, 0.05) is 18.2 Å². The number of aromatic hydroxyl groups is 1. The average molecular weight is 187 g/mol. The van der Waals surface area contributed by atoms with Gasteiger partial charge in [-0.2, -0.15) is 0 Å². The first-order chi connectivity index (χ1) is 6.19. The first kappa shape index (κ1) is 9.76. The largest absolute Gasteiger partial charge is 0.504 e. The number of rotatable bonds is 3. The van der Waals surface area contributed by atoms with Crippen LogP contribution in [0.1, 0.15) is 5.56 Å². The minimum atomic E-state index is -0.528. The molecule has 0 aliphatic rings. The molecule has 0 spiro atoms. The zero-order valence-corrected chi connectivity index (χ0v) is 7.04. The minimum Gasteiger partial charge on any atom is -0.504 e. The number of hydrogen-bond donors (Lipinski definition) is 3. The van der Waals surface area contributed by atoms with Crippen LogP contribution in [0.25, 0.3) is 0 Å². The van der Waals surface area contributed by atoms with Crippen LogP contribution in [0.3, 0.4) is 0 Å². The maximum Gasteiger partial charge on any atom is 0.163 e. The molecule has 0 aliphatic heterocycles. The molecule has 0 saturated heterocycles. The molecule has 72 valence electrons. The van der Waals surface area contributed by atoms with Crippen molar-refractivity contribution >= 4 is 0 Å². The molecule has 0 atom stereocenters. The molecule has 1 aromatic carbocycles. The van der Waals surface area contributed by atoms with Crippen LogP contribution in [-0.2, 0) is 6.54 Å². The average Bonchev–Trinajstić information content (AvgIpc) is 2.11. The van der Waals surface area contributed by atoms with Gasteiger partial charge in [-0.1, -0.05) is 0 Å². The summed E-state index contributed by atoms with van der Waals surface area (Å²) in [5.41, 5.74) is 2.06. The number of hydroxylamine groups is 1. The lowest BCUT2D eigenvalue weighted by Crippen LogP contribution is -2.07. The van der Waals surface area contributed by atoms with E-state index in [1.54, 1.807) is 0 Å². The summed E-state index contributed by atoms with van der Waals surface area (Å²) in [7, 11) is 1.32. The van der Waals surface area contributed by atoms with Crippen LogP contribution in [-0.4, -0.2) is 17.4 Å². The third-order valence-corrected chi connectivity index (χ3v) is 1.61. The Bertz CT molecular complexity index is 304. The lowest BCUT2D eigenvalue weighted by molar-refractivity contribution is 0.160. The van der Waals surface area contributed by atoms with Crippen LogP contribution >= 0.6 is 0 Å². The van der Waals surface area contributed by atoms with E-state index in [1.807, 2.05) is 5.48 Å². The molecule has 0 radical (unpaired) electrons. The van der Waals surface area contributed by atoms with Crippen molar-refractivity contribution in [2.75, 3.05) is 7.11 Å². The van der Waals surface area contributed by atoms with Crippen molar-refractivity contribution in [1.82, 2.24) is 5.48 Å². The van der Waals surface area contributed by atoms with Gasteiger partial charge in [-0.05, 0) is 6.07 Å². The smallest absolute Gasteiger partial charge is 0.163 e.